The van der Waals surface area contributed by atoms with E-state index < -0.39 is 0 Å². The van der Waals surface area contributed by atoms with Crippen LogP contribution in [0.5, 0.6) is 5.75 Å². The fourth-order valence-electron chi connectivity index (χ4n) is 1.84. The van der Waals surface area contributed by atoms with Gasteiger partial charge in [0.15, 0.2) is 0 Å². The number of halogens is 1. The molecule has 0 atom stereocenters. The van der Waals surface area contributed by atoms with Crippen LogP contribution in [0.25, 0.3) is 0 Å². The zero-order valence-corrected chi connectivity index (χ0v) is 9.90. The lowest BCUT2D eigenvalue weighted by molar-refractivity contribution is 0.312. The Morgan fingerprint density at radius 3 is 3.07 bits per heavy atom. The van der Waals surface area contributed by atoms with Gasteiger partial charge in [-0.2, -0.15) is 0 Å². The van der Waals surface area contributed by atoms with Crippen molar-refractivity contribution in [1.82, 2.24) is 5.32 Å². The summed E-state index contributed by atoms with van der Waals surface area (Å²) in [6.07, 6.45) is 2.16. The second-order valence-electron chi connectivity index (χ2n) is 3.67. The van der Waals surface area contributed by atoms with E-state index >= 15 is 0 Å². The van der Waals surface area contributed by atoms with Gasteiger partial charge in [-0.1, -0.05) is 19.1 Å². The Kier molecular flexibility index (Phi) is 4.92. The first kappa shape index (κ1) is 12.3. The number of benzene rings is 1. The topological polar surface area (TPSA) is 21.3 Å². The van der Waals surface area contributed by atoms with Crippen LogP contribution >= 0.6 is 12.4 Å². The Hall–Kier alpha value is -0.730. The van der Waals surface area contributed by atoms with Gasteiger partial charge in [0.2, 0.25) is 0 Å². The van der Waals surface area contributed by atoms with E-state index in [1.807, 2.05) is 0 Å². The average molecular weight is 228 g/mol. The van der Waals surface area contributed by atoms with Crippen LogP contribution in [0.15, 0.2) is 18.2 Å². The molecule has 0 amide bonds. The summed E-state index contributed by atoms with van der Waals surface area (Å²) in [5.74, 6) is 1.09. The highest BCUT2D eigenvalue weighted by molar-refractivity contribution is 5.85. The van der Waals surface area contributed by atoms with Gasteiger partial charge in [0.05, 0.1) is 6.61 Å². The van der Waals surface area contributed by atoms with E-state index in [2.05, 4.69) is 30.4 Å². The fourth-order valence-corrected chi connectivity index (χ4v) is 1.84. The molecule has 0 unspecified atom stereocenters. The minimum Gasteiger partial charge on any atom is -0.493 e. The maximum Gasteiger partial charge on any atom is 0.122 e. The lowest BCUT2D eigenvalue weighted by Gasteiger charge is -2.20. The second-order valence-corrected chi connectivity index (χ2v) is 3.67. The molecule has 0 fully saturated rings. The zero-order chi connectivity index (χ0) is 9.80. The molecule has 0 saturated carbocycles. The highest BCUT2D eigenvalue weighted by Crippen LogP contribution is 2.25. The summed E-state index contributed by atoms with van der Waals surface area (Å²) in [4.78, 5) is 0. The molecule has 0 aliphatic carbocycles. The number of hydrogen-bond donors (Lipinski definition) is 1. The third-order valence-corrected chi connectivity index (χ3v) is 2.56. The molecule has 1 aliphatic heterocycles. The number of nitrogens with one attached hydrogen (secondary N) is 1. The predicted molar refractivity (Wildman–Crippen MR) is 64.9 cm³/mol. The number of fused-ring (bicyclic) bond motifs is 1. The number of hydrogen-bond acceptors (Lipinski definition) is 2. The molecule has 2 rings (SSSR count). The van der Waals surface area contributed by atoms with E-state index in [0.29, 0.717) is 0 Å². The Morgan fingerprint density at radius 2 is 2.27 bits per heavy atom. The van der Waals surface area contributed by atoms with Crippen molar-refractivity contribution in [3.63, 3.8) is 0 Å². The van der Waals surface area contributed by atoms with Crippen LogP contribution in [-0.4, -0.2) is 13.2 Å². The predicted octanol–water partition coefficient (Wildman–Crippen LogP) is 2.54. The van der Waals surface area contributed by atoms with E-state index in [-0.39, 0.29) is 12.4 Å². The monoisotopic (exact) mass is 227 g/mol. The van der Waals surface area contributed by atoms with E-state index in [9.17, 15) is 0 Å². The summed E-state index contributed by atoms with van der Waals surface area (Å²) >= 11 is 0. The van der Waals surface area contributed by atoms with Gasteiger partial charge >= 0.3 is 0 Å². The largest absolute Gasteiger partial charge is 0.493 e. The fraction of sp³-hybridized carbons (Fsp3) is 0.500. The standard InChI is InChI=1S/C12H17NO.ClH/c1-2-8-14-12-5-3-4-10-9-13-7-6-11(10)12;/h3-5,13H,2,6-9H2,1H3;1H. The van der Waals surface area contributed by atoms with Gasteiger partial charge in [-0.25, -0.2) is 0 Å². The third kappa shape index (κ3) is 2.86. The molecule has 0 bridgehead atoms. The van der Waals surface area contributed by atoms with E-state index in [1.54, 1.807) is 0 Å². The maximum atomic E-state index is 5.73. The quantitative estimate of drug-likeness (QED) is 0.857. The van der Waals surface area contributed by atoms with Crippen LogP contribution in [0, 0.1) is 0 Å². The number of ether oxygens (including phenoxy) is 1. The zero-order valence-electron chi connectivity index (χ0n) is 9.08. The lowest BCUT2D eigenvalue weighted by atomic mass is 10.0. The minimum atomic E-state index is 0. The Morgan fingerprint density at radius 1 is 1.40 bits per heavy atom. The van der Waals surface area contributed by atoms with Gasteiger partial charge in [-0.05, 0) is 36.6 Å². The smallest absolute Gasteiger partial charge is 0.122 e. The van der Waals surface area contributed by atoms with Gasteiger partial charge in [0.25, 0.3) is 0 Å². The van der Waals surface area contributed by atoms with E-state index in [0.717, 1.165) is 38.3 Å². The maximum absolute atomic E-state index is 5.73. The van der Waals surface area contributed by atoms with Crippen LogP contribution < -0.4 is 10.1 Å². The van der Waals surface area contributed by atoms with E-state index in [4.69, 9.17) is 4.74 Å². The summed E-state index contributed by atoms with van der Waals surface area (Å²) < 4.78 is 5.73. The van der Waals surface area contributed by atoms with Crippen molar-refractivity contribution in [2.45, 2.75) is 26.3 Å². The van der Waals surface area contributed by atoms with Crippen molar-refractivity contribution in [1.29, 1.82) is 0 Å². The highest BCUT2D eigenvalue weighted by Gasteiger charge is 2.12. The molecule has 1 N–H and O–H groups in total. The van der Waals surface area contributed by atoms with Gasteiger partial charge in [-0.15, -0.1) is 12.4 Å². The van der Waals surface area contributed by atoms with Gasteiger partial charge in [0.1, 0.15) is 5.75 Å². The van der Waals surface area contributed by atoms with Crippen molar-refractivity contribution in [3.8, 4) is 5.75 Å². The number of rotatable bonds is 3. The van der Waals surface area contributed by atoms with Crippen molar-refractivity contribution in [2.75, 3.05) is 13.2 Å². The summed E-state index contributed by atoms with van der Waals surface area (Å²) in [5.41, 5.74) is 2.80. The SMILES string of the molecule is CCCOc1cccc2c1CCNC2.Cl. The average Bonchev–Trinajstić information content (AvgIpc) is 2.26. The summed E-state index contributed by atoms with van der Waals surface area (Å²) in [6, 6.07) is 6.34. The summed E-state index contributed by atoms with van der Waals surface area (Å²) in [6.45, 7) is 5.01. The van der Waals surface area contributed by atoms with Crippen LogP contribution in [0.3, 0.4) is 0 Å². The summed E-state index contributed by atoms with van der Waals surface area (Å²) in [5, 5.41) is 3.37. The Balaban J connectivity index is 0.00000112. The molecular weight excluding hydrogens is 210 g/mol. The highest BCUT2D eigenvalue weighted by atomic mass is 35.5. The lowest BCUT2D eigenvalue weighted by Crippen LogP contribution is -2.24. The third-order valence-electron chi connectivity index (χ3n) is 2.56. The normalized spacial score (nSPS) is 13.9. The molecule has 3 heteroatoms. The minimum absolute atomic E-state index is 0. The molecule has 2 nitrogen and oxygen atoms in total. The first-order valence-electron chi connectivity index (χ1n) is 5.36. The van der Waals surface area contributed by atoms with Gasteiger partial charge in [0, 0.05) is 6.54 Å². The molecule has 15 heavy (non-hydrogen) atoms. The Bertz CT molecular complexity index is 314. The molecule has 1 heterocycles. The molecular formula is C12H18ClNO. The van der Waals surface area contributed by atoms with Crippen LogP contribution in [0.2, 0.25) is 0 Å². The van der Waals surface area contributed by atoms with E-state index in [1.165, 1.54) is 11.1 Å². The molecule has 0 saturated heterocycles. The Labute approximate surface area is 97.4 Å². The molecule has 1 aromatic rings. The van der Waals surface area contributed by atoms with Crippen molar-refractivity contribution in [2.24, 2.45) is 0 Å². The molecule has 0 aromatic heterocycles. The van der Waals surface area contributed by atoms with Gasteiger partial charge in [-0.3, -0.25) is 0 Å². The first-order chi connectivity index (χ1) is 6.92. The van der Waals surface area contributed by atoms with Gasteiger partial charge < -0.3 is 10.1 Å². The van der Waals surface area contributed by atoms with Crippen LogP contribution in [0.4, 0.5) is 0 Å². The second kappa shape index (κ2) is 5.99. The molecule has 0 radical (unpaired) electrons. The molecule has 84 valence electrons. The molecule has 1 aromatic carbocycles. The first-order valence-corrected chi connectivity index (χ1v) is 5.36. The summed E-state index contributed by atoms with van der Waals surface area (Å²) in [7, 11) is 0. The molecule has 1 aliphatic rings. The van der Waals surface area contributed by atoms with Crippen LogP contribution in [-0.2, 0) is 13.0 Å². The molecule has 0 spiro atoms. The van der Waals surface area contributed by atoms with Crippen molar-refractivity contribution in [3.05, 3.63) is 29.3 Å². The van der Waals surface area contributed by atoms with Crippen molar-refractivity contribution >= 4 is 12.4 Å². The van der Waals surface area contributed by atoms with Crippen LogP contribution in [0.1, 0.15) is 24.5 Å². The van der Waals surface area contributed by atoms with Crippen molar-refractivity contribution < 1.29 is 4.74 Å².